The Balaban J connectivity index is 2.52. The van der Waals surface area contributed by atoms with E-state index in [1.807, 2.05) is 6.08 Å². The molecule has 0 aromatic heterocycles. The first-order valence-corrected chi connectivity index (χ1v) is 6.69. The highest BCUT2D eigenvalue weighted by molar-refractivity contribution is 5.26. The first kappa shape index (κ1) is 14.9. The lowest BCUT2D eigenvalue weighted by atomic mass is 10.1. The monoisotopic (exact) mass is 246 g/mol. The lowest BCUT2D eigenvalue weighted by molar-refractivity contribution is 0.399. The molecule has 0 aliphatic rings. The molecule has 1 rings (SSSR count). The van der Waals surface area contributed by atoms with Gasteiger partial charge in [0.25, 0.3) is 0 Å². The number of nitrogens with one attached hydrogen (secondary N) is 1. The van der Waals surface area contributed by atoms with E-state index in [2.05, 4.69) is 62.1 Å². The summed E-state index contributed by atoms with van der Waals surface area (Å²) in [6, 6.07) is 9.20. The molecule has 0 saturated carbocycles. The van der Waals surface area contributed by atoms with Crippen molar-refractivity contribution < 1.29 is 0 Å². The van der Waals surface area contributed by atoms with E-state index in [1.54, 1.807) is 0 Å². The quantitative estimate of drug-likeness (QED) is 0.709. The van der Waals surface area contributed by atoms with Gasteiger partial charge in [-0.3, -0.25) is 0 Å². The fourth-order valence-corrected chi connectivity index (χ4v) is 1.98. The molecular formula is C16H26N2. The van der Waals surface area contributed by atoms with Crippen molar-refractivity contribution in [3.8, 4) is 0 Å². The molecular weight excluding hydrogens is 220 g/mol. The Morgan fingerprint density at radius 3 is 2.56 bits per heavy atom. The standard InChI is InChI=1S/C16H26N2/c1-5-6-9-14(2)17-12-15-10-7-8-11-16(15)13-18(3)4/h5,7-8,10-11,14,17H,1,6,9,12-13H2,2-4H3. The van der Waals surface area contributed by atoms with Crippen molar-refractivity contribution in [1.29, 1.82) is 0 Å². The summed E-state index contributed by atoms with van der Waals surface area (Å²) >= 11 is 0. The van der Waals surface area contributed by atoms with Crippen LogP contribution >= 0.6 is 0 Å². The molecule has 0 aliphatic carbocycles. The molecule has 18 heavy (non-hydrogen) atoms. The Kier molecular flexibility index (Phi) is 6.69. The molecule has 2 heteroatoms. The second kappa shape index (κ2) is 8.06. The molecule has 0 heterocycles. The first-order chi connectivity index (χ1) is 8.63. The van der Waals surface area contributed by atoms with E-state index in [1.165, 1.54) is 11.1 Å². The second-order valence-corrected chi connectivity index (χ2v) is 5.15. The normalized spacial score (nSPS) is 12.7. The summed E-state index contributed by atoms with van der Waals surface area (Å²) in [5, 5.41) is 3.58. The van der Waals surface area contributed by atoms with E-state index < -0.39 is 0 Å². The average molecular weight is 246 g/mol. The zero-order valence-electron chi connectivity index (χ0n) is 11.9. The summed E-state index contributed by atoms with van der Waals surface area (Å²) < 4.78 is 0. The van der Waals surface area contributed by atoms with Gasteiger partial charge in [-0.15, -0.1) is 6.58 Å². The minimum absolute atomic E-state index is 0.537. The minimum atomic E-state index is 0.537. The van der Waals surface area contributed by atoms with Gasteiger partial charge in [-0.1, -0.05) is 30.3 Å². The van der Waals surface area contributed by atoms with Gasteiger partial charge in [-0.2, -0.15) is 0 Å². The van der Waals surface area contributed by atoms with Crippen LogP contribution in [-0.2, 0) is 13.1 Å². The summed E-state index contributed by atoms with van der Waals surface area (Å²) in [6.07, 6.45) is 4.21. The van der Waals surface area contributed by atoms with E-state index in [0.29, 0.717) is 6.04 Å². The Hall–Kier alpha value is -1.12. The third-order valence-corrected chi connectivity index (χ3v) is 3.05. The van der Waals surface area contributed by atoms with Crippen LogP contribution in [0.5, 0.6) is 0 Å². The molecule has 1 aromatic carbocycles. The maximum Gasteiger partial charge on any atom is 0.0230 e. The molecule has 0 spiro atoms. The van der Waals surface area contributed by atoms with Crippen LogP contribution in [0, 0.1) is 0 Å². The fourth-order valence-electron chi connectivity index (χ4n) is 1.98. The van der Waals surface area contributed by atoms with Crippen LogP contribution in [0.2, 0.25) is 0 Å². The predicted octanol–water partition coefficient (Wildman–Crippen LogP) is 3.19. The van der Waals surface area contributed by atoms with Crippen molar-refractivity contribution in [3.05, 3.63) is 48.0 Å². The van der Waals surface area contributed by atoms with Crippen molar-refractivity contribution in [2.24, 2.45) is 0 Å². The van der Waals surface area contributed by atoms with E-state index >= 15 is 0 Å². The summed E-state index contributed by atoms with van der Waals surface area (Å²) in [7, 11) is 4.22. The summed E-state index contributed by atoms with van der Waals surface area (Å²) in [6.45, 7) is 7.94. The van der Waals surface area contributed by atoms with Gasteiger partial charge < -0.3 is 10.2 Å². The van der Waals surface area contributed by atoms with Crippen molar-refractivity contribution in [2.45, 2.75) is 38.9 Å². The van der Waals surface area contributed by atoms with Crippen molar-refractivity contribution in [2.75, 3.05) is 14.1 Å². The summed E-state index contributed by atoms with van der Waals surface area (Å²) in [5.41, 5.74) is 2.81. The van der Waals surface area contributed by atoms with Crippen LogP contribution in [0.25, 0.3) is 0 Å². The van der Waals surface area contributed by atoms with Crippen molar-refractivity contribution in [1.82, 2.24) is 10.2 Å². The molecule has 100 valence electrons. The second-order valence-electron chi connectivity index (χ2n) is 5.15. The molecule has 1 aromatic rings. The van der Waals surface area contributed by atoms with Gasteiger partial charge in [-0.05, 0) is 45.0 Å². The third kappa shape index (κ3) is 5.48. The van der Waals surface area contributed by atoms with Gasteiger partial charge in [0.15, 0.2) is 0 Å². The molecule has 0 fully saturated rings. The van der Waals surface area contributed by atoms with Crippen LogP contribution < -0.4 is 5.32 Å². The molecule has 0 saturated heterocycles. The van der Waals surface area contributed by atoms with Gasteiger partial charge in [-0.25, -0.2) is 0 Å². The topological polar surface area (TPSA) is 15.3 Å². The molecule has 0 bridgehead atoms. The lowest BCUT2D eigenvalue weighted by Crippen LogP contribution is -2.26. The highest BCUT2D eigenvalue weighted by Gasteiger charge is 2.05. The van der Waals surface area contributed by atoms with Crippen LogP contribution in [0.3, 0.4) is 0 Å². The molecule has 0 aliphatic heterocycles. The first-order valence-electron chi connectivity index (χ1n) is 6.69. The number of allylic oxidation sites excluding steroid dienone is 1. The Morgan fingerprint density at radius 2 is 1.94 bits per heavy atom. The van der Waals surface area contributed by atoms with Gasteiger partial charge in [0.05, 0.1) is 0 Å². The van der Waals surface area contributed by atoms with E-state index in [0.717, 1.165) is 25.9 Å². The highest BCUT2D eigenvalue weighted by Crippen LogP contribution is 2.11. The highest BCUT2D eigenvalue weighted by atomic mass is 15.0. The maximum atomic E-state index is 3.76. The average Bonchev–Trinajstić information content (AvgIpc) is 2.34. The Bertz CT molecular complexity index is 358. The van der Waals surface area contributed by atoms with Gasteiger partial charge in [0.1, 0.15) is 0 Å². The number of benzene rings is 1. The van der Waals surface area contributed by atoms with Crippen molar-refractivity contribution >= 4 is 0 Å². The number of nitrogens with zero attached hydrogens (tertiary/aromatic N) is 1. The molecule has 1 N–H and O–H groups in total. The minimum Gasteiger partial charge on any atom is -0.310 e. The third-order valence-electron chi connectivity index (χ3n) is 3.05. The Labute approximate surface area is 112 Å². The lowest BCUT2D eigenvalue weighted by Gasteiger charge is -2.17. The zero-order valence-corrected chi connectivity index (χ0v) is 11.9. The molecule has 0 amide bonds. The zero-order chi connectivity index (χ0) is 13.4. The van der Waals surface area contributed by atoms with E-state index in [9.17, 15) is 0 Å². The van der Waals surface area contributed by atoms with Crippen LogP contribution in [0.4, 0.5) is 0 Å². The molecule has 1 unspecified atom stereocenters. The number of hydrogen-bond acceptors (Lipinski definition) is 2. The summed E-state index contributed by atoms with van der Waals surface area (Å²) in [4.78, 5) is 2.21. The van der Waals surface area contributed by atoms with Gasteiger partial charge in [0.2, 0.25) is 0 Å². The summed E-state index contributed by atoms with van der Waals surface area (Å²) in [5.74, 6) is 0. The number of rotatable bonds is 8. The smallest absolute Gasteiger partial charge is 0.0230 e. The largest absolute Gasteiger partial charge is 0.310 e. The molecule has 1 atom stereocenters. The van der Waals surface area contributed by atoms with E-state index in [-0.39, 0.29) is 0 Å². The number of hydrogen-bond donors (Lipinski definition) is 1. The molecule has 2 nitrogen and oxygen atoms in total. The maximum absolute atomic E-state index is 3.76. The van der Waals surface area contributed by atoms with E-state index in [4.69, 9.17) is 0 Å². The SMILES string of the molecule is C=CCCC(C)NCc1ccccc1CN(C)C. The van der Waals surface area contributed by atoms with Crippen LogP contribution in [-0.4, -0.2) is 25.0 Å². The Morgan fingerprint density at radius 1 is 1.28 bits per heavy atom. The molecule has 0 radical (unpaired) electrons. The fraction of sp³-hybridized carbons (Fsp3) is 0.500. The van der Waals surface area contributed by atoms with Gasteiger partial charge >= 0.3 is 0 Å². The van der Waals surface area contributed by atoms with Crippen molar-refractivity contribution in [3.63, 3.8) is 0 Å². The van der Waals surface area contributed by atoms with Gasteiger partial charge in [0, 0.05) is 19.1 Å². The predicted molar refractivity (Wildman–Crippen MR) is 79.6 cm³/mol. The van der Waals surface area contributed by atoms with Crippen LogP contribution in [0.1, 0.15) is 30.9 Å². The van der Waals surface area contributed by atoms with Crippen LogP contribution in [0.15, 0.2) is 36.9 Å².